The van der Waals surface area contributed by atoms with E-state index in [1.807, 2.05) is 6.92 Å². The molecule has 1 fully saturated rings. The van der Waals surface area contributed by atoms with Gasteiger partial charge < -0.3 is 10.0 Å². The molecule has 0 atom stereocenters. The minimum atomic E-state index is -1.15. The van der Waals surface area contributed by atoms with Crippen LogP contribution in [0.3, 0.4) is 0 Å². The molecule has 21 heavy (non-hydrogen) atoms. The van der Waals surface area contributed by atoms with Gasteiger partial charge in [0.15, 0.2) is 0 Å². The Hall–Kier alpha value is -1.91. The zero-order valence-corrected chi connectivity index (χ0v) is 12.0. The molecule has 1 saturated carbocycles. The average Bonchev–Trinajstić information content (AvgIpc) is 3.23. The van der Waals surface area contributed by atoms with Crippen LogP contribution in [0.1, 0.15) is 38.2 Å². The predicted molar refractivity (Wildman–Crippen MR) is 78.3 cm³/mol. The minimum Gasteiger partial charge on any atom is -0.478 e. The Bertz CT molecular complexity index is 530. The first-order valence-electron chi connectivity index (χ1n) is 7.19. The first-order chi connectivity index (χ1) is 10.0. The van der Waals surface area contributed by atoms with E-state index in [1.54, 1.807) is 4.90 Å². The molecule has 1 aromatic carbocycles. The van der Waals surface area contributed by atoms with Gasteiger partial charge in [-0.2, -0.15) is 0 Å². The van der Waals surface area contributed by atoms with Gasteiger partial charge in [0, 0.05) is 18.7 Å². The summed E-state index contributed by atoms with van der Waals surface area (Å²) in [4.78, 5) is 12.3. The molecular weight excluding hydrogens is 276 g/mol. The standard InChI is InChI=1S/C16H19F2NO2/c1-2-3-8-19(12-5-6-12)16-13(17)9-11(10-14(16)18)4-7-15(20)21/h4,7,9-10,12H,2-3,5-6,8H2,1H3,(H,20,21). The number of unbranched alkanes of at least 4 members (excludes halogenated alkanes) is 1. The summed E-state index contributed by atoms with van der Waals surface area (Å²) in [6, 6.07) is 2.58. The number of hydrogen-bond donors (Lipinski definition) is 1. The molecular formula is C16H19F2NO2. The second-order valence-electron chi connectivity index (χ2n) is 5.28. The van der Waals surface area contributed by atoms with E-state index in [9.17, 15) is 13.6 Å². The third kappa shape index (κ3) is 4.03. The third-order valence-electron chi connectivity index (χ3n) is 3.49. The van der Waals surface area contributed by atoms with E-state index < -0.39 is 17.6 Å². The van der Waals surface area contributed by atoms with Crippen LogP contribution in [-0.4, -0.2) is 23.7 Å². The van der Waals surface area contributed by atoms with Crippen molar-refractivity contribution in [2.75, 3.05) is 11.4 Å². The lowest BCUT2D eigenvalue weighted by Crippen LogP contribution is -2.28. The van der Waals surface area contributed by atoms with Crippen LogP contribution in [0.25, 0.3) is 6.08 Å². The Kier molecular flexibility index (Phi) is 4.94. The average molecular weight is 295 g/mol. The molecule has 1 aromatic rings. The van der Waals surface area contributed by atoms with Crippen molar-refractivity contribution in [3.63, 3.8) is 0 Å². The lowest BCUT2D eigenvalue weighted by molar-refractivity contribution is -0.131. The minimum absolute atomic E-state index is 0.0124. The van der Waals surface area contributed by atoms with Gasteiger partial charge in [-0.05, 0) is 43.0 Å². The molecule has 1 aliphatic rings. The highest BCUT2D eigenvalue weighted by Crippen LogP contribution is 2.35. The number of carboxylic acid groups (broad SMARTS) is 1. The number of benzene rings is 1. The zero-order chi connectivity index (χ0) is 15.4. The van der Waals surface area contributed by atoms with E-state index in [-0.39, 0.29) is 17.3 Å². The number of carbonyl (C=O) groups is 1. The summed E-state index contributed by atoms with van der Waals surface area (Å²) in [6.07, 6.45) is 5.82. The maximum atomic E-state index is 14.2. The molecule has 0 saturated heterocycles. The highest BCUT2D eigenvalue weighted by atomic mass is 19.1. The van der Waals surface area contributed by atoms with E-state index in [1.165, 1.54) is 18.2 Å². The van der Waals surface area contributed by atoms with Crippen LogP contribution < -0.4 is 4.90 Å². The topological polar surface area (TPSA) is 40.5 Å². The van der Waals surface area contributed by atoms with Crippen LogP contribution in [0, 0.1) is 11.6 Å². The molecule has 0 aliphatic heterocycles. The molecule has 1 aliphatic carbocycles. The number of aliphatic carboxylic acids is 1. The number of rotatable bonds is 7. The molecule has 0 radical (unpaired) electrons. The van der Waals surface area contributed by atoms with Crippen LogP contribution >= 0.6 is 0 Å². The number of hydrogen-bond acceptors (Lipinski definition) is 2. The molecule has 0 unspecified atom stereocenters. The number of anilines is 1. The van der Waals surface area contributed by atoms with Crippen molar-refractivity contribution < 1.29 is 18.7 Å². The monoisotopic (exact) mass is 295 g/mol. The van der Waals surface area contributed by atoms with Gasteiger partial charge in [-0.25, -0.2) is 13.6 Å². The highest BCUT2D eigenvalue weighted by molar-refractivity contribution is 5.85. The van der Waals surface area contributed by atoms with Crippen LogP contribution in [-0.2, 0) is 4.79 Å². The molecule has 114 valence electrons. The Morgan fingerprint density at radius 1 is 1.38 bits per heavy atom. The maximum Gasteiger partial charge on any atom is 0.328 e. The van der Waals surface area contributed by atoms with Crippen molar-refractivity contribution in [3.05, 3.63) is 35.4 Å². The molecule has 0 bridgehead atoms. The van der Waals surface area contributed by atoms with Crippen molar-refractivity contribution in [3.8, 4) is 0 Å². The first kappa shape index (κ1) is 15.5. The maximum absolute atomic E-state index is 14.2. The summed E-state index contributed by atoms with van der Waals surface area (Å²) in [7, 11) is 0. The summed E-state index contributed by atoms with van der Waals surface area (Å²) in [5.74, 6) is -2.42. The number of halogens is 2. The fourth-order valence-corrected chi connectivity index (χ4v) is 2.31. The van der Waals surface area contributed by atoms with Gasteiger partial charge in [0.2, 0.25) is 0 Å². The van der Waals surface area contributed by atoms with E-state index in [4.69, 9.17) is 5.11 Å². The lowest BCUT2D eigenvalue weighted by Gasteiger charge is -2.25. The predicted octanol–water partition coefficient (Wildman–Crippen LogP) is 3.83. The lowest BCUT2D eigenvalue weighted by atomic mass is 10.1. The third-order valence-corrected chi connectivity index (χ3v) is 3.49. The van der Waals surface area contributed by atoms with Crippen molar-refractivity contribution in [1.29, 1.82) is 0 Å². The Balaban J connectivity index is 2.28. The molecule has 0 amide bonds. The summed E-state index contributed by atoms with van der Waals surface area (Å²) in [5.41, 5.74) is 0.223. The summed E-state index contributed by atoms with van der Waals surface area (Å²) < 4.78 is 28.5. The van der Waals surface area contributed by atoms with Gasteiger partial charge in [0.05, 0.1) is 0 Å². The van der Waals surface area contributed by atoms with Crippen LogP contribution in [0.15, 0.2) is 18.2 Å². The Morgan fingerprint density at radius 3 is 2.48 bits per heavy atom. The Morgan fingerprint density at radius 2 is 2.00 bits per heavy atom. The van der Waals surface area contributed by atoms with Crippen molar-refractivity contribution in [1.82, 2.24) is 0 Å². The second kappa shape index (κ2) is 6.70. The van der Waals surface area contributed by atoms with Crippen molar-refractivity contribution in [2.24, 2.45) is 0 Å². The van der Waals surface area contributed by atoms with E-state index >= 15 is 0 Å². The number of nitrogens with zero attached hydrogens (tertiary/aromatic N) is 1. The van der Waals surface area contributed by atoms with Crippen molar-refractivity contribution >= 4 is 17.7 Å². The fourth-order valence-electron chi connectivity index (χ4n) is 2.31. The van der Waals surface area contributed by atoms with Gasteiger partial charge >= 0.3 is 5.97 Å². The summed E-state index contributed by atoms with van der Waals surface area (Å²) >= 11 is 0. The first-order valence-corrected chi connectivity index (χ1v) is 7.19. The van der Waals surface area contributed by atoms with Gasteiger partial charge in [-0.3, -0.25) is 0 Å². The fraction of sp³-hybridized carbons (Fsp3) is 0.438. The van der Waals surface area contributed by atoms with E-state index in [0.29, 0.717) is 6.54 Å². The van der Waals surface area contributed by atoms with Gasteiger partial charge in [-0.1, -0.05) is 13.3 Å². The van der Waals surface area contributed by atoms with Gasteiger partial charge in [0.1, 0.15) is 17.3 Å². The Labute approximate surface area is 122 Å². The number of carboxylic acids is 1. The summed E-state index contributed by atoms with van der Waals surface area (Å²) in [6.45, 7) is 2.68. The van der Waals surface area contributed by atoms with Crippen LogP contribution in [0.4, 0.5) is 14.5 Å². The van der Waals surface area contributed by atoms with E-state index in [2.05, 4.69) is 0 Å². The summed E-state index contributed by atoms with van der Waals surface area (Å²) in [5, 5.41) is 8.55. The molecule has 0 heterocycles. The van der Waals surface area contributed by atoms with Crippen molar-refractivity contribution in [2.45, 2.75) is 38.6 Å². The van der Waals surface area contributed by atoms with E-state index in [0.717, 1.165) is 31.8 Å². The quantitative estimate of drug-likeness (QED) is 0.777. The van der Waals surface area contributed by atoms with Gasteiger partial charge in [0.25, 0.3) is 0 Å². The molecule has 2 rings (SSSR count). The SMILES string of the molecule is CCCCN(c1c(F)cc(C=CC(=O)O)cc1F)C1CC1. The van der Waals surface area contributed by atoms with Gasteiger partial charge in [-0.15, -0.1) is 0 Å². The second-order valence-corrected chi connectivity index (χ2v) is 5.28. The highest BCUT2D eigenvalue weighted by Gasteiger charge is 2.32. The smallest absolute Gasteiger partial charge is 0.328 e. The molecule has 3 nitrogen and oxygen atoms in total. The van der Waals surface area contributed by atoms with Crippen LogP contribution in [0.5, 0.6) is 0 Å². The normalized spacial score (nSPS) is 14.6. The molecule has 1 N–H and O–H groups in total. The molecule has 0 aromatic heterocycles. The zero-order valence-electron chi connectivity index (χ0n) is 12.0. The molecule has 0 spiro atoms. The van der Waals surface area contributed by atoms with Crippen LogP contribution in [0.2, 0.25) is 0 Å². The molecule has 5 heteroatoms. The largest absolute Gasteiger partial charge is 0.478 e.